The summed E-state index contributed by atoms with van der Waals surface area (Å²) in [6.45, 7) is 0.567. The van der Waals surface area contributed by atoms with Gasteiger partial charge in [0, 0.05) is 34.2 Å². The van der Waals surface area contributed by atoms with E-state index in [1.54, 1.807) is 0 Å². The lowest BCUT2D eigenvalue weighted by Crippen LogP contribution is -2.26. The number of carbonyl (C=O) groups is 1. The van der Waals surface area contributed by atoms with Crippen LogP contribution < -0.4 is 5.32 Å². The minimum Gasteiger partial charge on any atom is -0.361 e. The Bertz CT molecular complexity index is 1100. The zero-order chi connectivity index (χ0) is 19.3. The highest BCUT2D eigenvalue weighted by Gasteiger charge is 2.11. The maximum absolute atomic E-state index is 12.8. The number of halogens is 1. The third kappa shape index (κ3) is 4.10. The Morgan fingerprint density at radius 1 is 0.929 bits per heavy atom. The fourth-order valence-electron chi connectivity index (χ4n) is 3.48. The van der Waals surface area contributed by atoms with Crippen LogP contribution >= 0.6 is 11.6 Å². The van der Waals surface area contributed by atoms with Crippen molar-refractivity contribution in [3.05, 3.63) is 106 Å². The van der Waals surface area contributed by atoms with Crippen LogP contribution in [0, 0.1) is 0 Å². The first kappa shape index (κ1) is 18.3. The number of hydrogen-bond acceptors (Lipinski definition) is 1. The third-order valence-corrected chi connectivity index (χ3v) is 5.14. The molecule has 28 heavy (non-hydrogen) atoms. The zero-order valence-corrected chi connectivity index (χ0v) is 16.2. The molecule has 140 valence electrons. The molecule has 0 fully saturated rings. The fourth-order valence-corrected chi connectivity index (χ4v) is 3.65. The summed E-state index contributed by atoms with van der Waals surface area (Å²) in [4.78, 5) is 16.0. The van der Waals surface area contributed by atoms with Gasteiger partial charge in [-0.1, -0.05) is 60.1 Å². The maximum atomic E-state index is 12.8. The van der Waals surface area contributed by atoms with E-state index in [0.29, 0.717) is 11.6 Å². The van der Waals surface area contributed by atoms with E-state index < -0.39 is 0 Å². The number of H-pyrrole nitrogens is 1. The summed E-state index contributed by atoms with van der Waals surface area (Å²) in [7, 11) is 0. The van der Waals surface area contributed by atoms with Crippen molar-refractivity contribution in [3.8, 4) is 0 Å². The predicted molar refractivity (Wildman–Crippen MR) is 115 cm³/mol. The number of hydrogen-bond donors (Lipinski definition) is 2. The number of rotatable bonds is 6. The van der Waals surface area contributed by atoms with Gasteiger partial charge in [-0.2, -0.15) is 0 Å². The second kappa shape index (κ2) is 8.32. The number of aromatic amines is 1. The summed E-state index contributed by atoms with van der Waals surface area (Å²) in [5.41, 5.74) is 5.16. The van der Waals surface area contributed by atoms with Crippen LogP contribution in [0.2, 0.25) is 5.02 Å². The van der Waals surface area contributed by atoms with Crippen molar-refractivity contribution in [3.63, 3.8) is 0 Å². The van der Waals surface area contributed by atoms with E-state index in [1.807, 2.05) is 66.9 Å². The molecule has 0 saturated heterocycles. The Hall–Kier alpha value is -3.04. The summed E-state index contributed by atoms with van der Waals surface area (Å²) in [5, 5.41) is 4.87. The monoisotopic (exact) mass is 388 g/mol. The lowest BCUT2D eigenvalue weighted by atomic mass is 9.99. The van der Waals surface area contributed by atoms with Gasteiger partial charge in [-0.25, -0.2) is 0 Å². The van der Waals surface area contributed by atoms with Crippen LogP contribution in [0.3, 0.4) is 0 Å². The molecule has 0 spiro atoms. The molecule has 0 saturated carbocycles. The number of carbonyl (C=O) groups excluding carboxylic acids is 1. The van der Waals surface area contributed by atoms with Crippen LogP contribution in [-0.4, -0.2) is 17.4 Å². The Balaban J connectivity index is 1.43. The molecule has 4 rings (SSSR count). The fraction of sp³-hybridized carbons (Fsp3) is 0.125. The van der Waals surface area contributed by atoms with Gasteiger partial charge in [-0.3, -0.25) is 4.79 Å². The van der Waals surface area contributed by atoms with Gasteiger partial charge in [0.05, 0.1) is 0 Å². The molecule has 0 unspecified atom stereocenters. The van der Waals surface area contributed by atoms with Crippen molar-refractivity contribution in [2.45, 2.75) is 12.8 Å². The zero-order valence-electron chi connectivity index (χ0n) is 15.4. The van der Waals surface area contributed by atoms with E-state index in [1.165, 1.54) is 5.56 Å². The molecule has 3 aromatic carbocycles. The van der Waals surface area contributed by atoms with Gasteiger partial charge in [-0.05, 0) is 53.8 Å². The third-order valence-electron chi connectivity index (χ3n) is 4.91. The minimum atomic E-state index is -0.0376. The van der Waals surface area contributed by atoms with E-state index in [9.17, 15) is 4.79 Å². The highest BCUT2D eigenvalue weighted by Crippen LogP contribution is 2.22. The van der Waals surface area contributed by atoms with E-state index in [-0.39, 0.29) is 5.91 Å². The highest BCUT2D eigenvalue weighted by atomic mass is 35.5. The Morgan fingerprint density at radius 2 is 1.71 bits per heavy atom. The van der Waals surface area contributed by atoms with Gasteiger partial charge in [0.2, 0.25) is 0 Å². The first-order chi connectivity index (χ1) is 13.7. The number of benzene rings is 3. The Kier molecular flexibility index (Phi) is 5.45. The smallest absolute Gasteiger partial charge is 0.251 e. The van der Waals surface area contributed by atoms with E-state index in [2.05, 4.69) is 22.4 Å². The van der Waals surface area contributed by atoms with Crippen LogP contribution in [0.5, 0.6) is 0 Å². The van der Waals surface area contributed by atoms with Gasteiger partial charge in [-0.15, -0.1) is 0 Å². The van der Waals surface area contributed by atoms with Gasteiger partial charge < -0.3 is 10.3 Å². The minimum absolute atomic E-state index is 0.0376. The van der Waals surface area contributed by atoms with Gasteiger partial charge in [0.1, 0.15) is 0 Å². The Labute approximate surface area is 169 Å². The Morgan fingerprint density at radius 3 is 2.57 bits per heavy atom. The summed E-state index contributed by atoms with van der Waals surface area (Å²) < 4.78 is 0. The van der Waals surface area contributed by atoms with Crippen LogP contribution in [-0.2, 0) is 12.8 Å². The molecule has 0 atom stereocenters. The van der Waals surface area contributed by atoms with Gasteiger partial charge in [0.25, 0.3) is 5.91 Å². The largest absolute Gasteiger partial charge is 0.361 e. The van der Waals surface area contributed by atoms with Crippen molar-refractivity contribution in [1.82, 2.24) is 10.3 Å². The van der Waals surface area contributed by atoms with Crippen molar-refractivity contribution in [1.29, 1.82) is 0 Å². The molecule has 4 heteroatoms. The summed E-state index contributed by atoms with van der Waals surface area (Å²) >= 11 is 6.11. The standard InChI is InChI=1S/C24H21ClN2O/c25-20-10-11-23-22(15-20)19(16-27-23)12-13-26-24(28)21-9-5-4-8-18(21)14-17-6-2-1-3-7-17/h1-11,15-16,27H,12-14H2,(H,26,28). The SMILES string of the molecule is O=C(NCCc1c[nH]c2ccc(Cl)cc12)c1ccccc1Cc1ccccc1. The molecule has 0 aliphatic carbocycles. The molecule has 1 heterocycles. The predicted octanol–water partition coefficient (Wildman–Crippen LogP) is 5.38. The van der Waals surface area contributed by atoms with Crippen molar-refractivity contribution in [2.75, 3.05) is 6.54 Å². The molecule has 0 radical (unpaired) electrons. The van der Waals surface area contributed by atoms with Crippen LogP contribution in [0.25, 0.3) is 10.9 Å². The van der Waals surface area contributed by atoms with Crippen LogP contribution in [0.15, 0.2) is 79.0 Å². The number of fused-ring (bicyclic) bond motifs is 1. The molecular formula is C24H21ClN2O. The molecular weight excluding hydrogens is 368 g/mol. The molecule has 1 aromatic heterocycles. The molecule has 4 aromatic rings. The van der Waals surface area contributed by atoms with Crippen LogP contribution in [0.1, 0.15) is 27.0 Å². The van der Waals surface area contributed by atoms with Gasteiger partial charge >= 0.3 is 0 Å². The van der Waals surface area contributed by atoms with E-state index in [0.717, 1.165) is 40.4 Å². The van der Waals surface area contributed by atoms with E-state index in [4.69, 9.17) is 11.6 Å². The topological polar surface area (TPSA) is 44.9 Å². The average molecular weight is 389 g/mol. The molecule has 0 aliphatic rings. The number of aromatic nitrogens is 1. The average Bonchev–Trinajstić information content (AvgIpc) is 3.11. The normalized spacial score (nSPS) is 10.9. The quantitative estimate of drug-likeness (QED) is 0.457. The molecule has 0 aliphatic heterocycles. The second-order valence-corrected chi connectivity index (χ2v) is 7.27. The lowest BCUT2D eigenvalue weighted by Gasteiger charge is -2.10. The van der Waals surface area contributed by atoms with Crippen molar-refractivity contribution < 1.29 is 4.79 Å². The summed E-state index contributed by atoms with van der Waals surface area (Å²) in [6.07, 6.45) is 3.47. The van der Waals surface area contributed by atoms with E-state index >= 15 is 0 Å². The second-order valence-electron chi connectivity index (χ2n) is 6.83. The number of amides is 1. The molecule has 1 amide bonds. The molecule has 2 N–H and O–H groups in total. The first-order valence-corrected chi connectivity index (χ1v) is 9.74. The highest BCUT2D eigenvalue weighted by molar-refractivity contribution is 6.31. The first-order valence-electron chi connectivity index (χ1n) is 9.36. The molecule has 0 bridgehead atoms. The summed E-state index contributed by atoms with van der Waals surface area (Å²) in [6, 6.07) is 23.8. The maximum Gasteiger partial charge on any atom is 0.251 e. The van der Waals surface area contributed by atoms with Crippen molar-refractivity contribution >= 4 is 28.4 Å². The van der Waals surface area contributed by atoms with Crippen molar-refractivity contribution in [2.24, 2.45) is 0 Å². The van der Waals surface area contributed by atoms with Crippen LogP contribution in [0.4, 0.5) is 0 Å². The lowest BCUT2D eigenvalue weighted by molar-refractivity contribution is 0.0953. The van der Waals surface area contributed by atoms with Gasteiger partial charge in [0.15, 0.2) is 0 Å². The number of nitrogens with one attached hydrogen (secondary N) is 2. The summed E-state index contributed by atoms with van der Waals surface area (Å²) in [5.74, 6) is -0.0376. The molecule has 3 nitrogen and oxygen atoms in total.